The third-order valence-corrected chi connectivity index (χ3v) is 5.04. The Kier molecular flexibility index (Phi) is 5.19. The number of nitrogens with one attached hydrogen (secondary N) is 1. The molecule has 0 spiro atoms. The number of fused-ring (bicyclic) bond motifs is 1. The molecule has 4 rings (SSSR count). The number of rotatable bonds is 6. The minimum Gasteiger partial charge on any atom is -0.486 e. The zero-order valence-corrected chi connectivity index (χ0v) is 14.6. The molecule has 2 aromatic carbocycles. The number of ether oxygens (including phenoxy) is 2. The van der Waals surface area contributed by atoms with Gasteiger partial charge in [-0.25, -0.2) is 0 Å². The van der Waals surface area contributed by atoms with E-state index in [9.17, 15) is 0 Å². The summed E-state index contributed by atoms with van der Waals surface area (Å²) >= 11 is 0. The molecule has 2 aliphatic rings. The lowest BCUT2D eigenvalue weighted by Crippen LogP contribution is -2.34. The van der Waals surface area contributed by atoms with E-state index >= 15 is 0 Å². The molecule has 1 atom stereocenters. The highest BCUT2D eigenvalue weighted by molar-refractivity contribution is 5.43. The highest BCUT2D eigenvalue weighted by Crippen LogP contribution is 2.31. The topological polar surface area (TPSA) is 33.7 Å². The molecular weight excluding hydrogens is 312 g/mol. The molecule has 0 aliphatic carbocycles. The first-order valence-corrected chi connectivity index (χ1v) is 9.28. The van der Waals surface area contributed by atoms with Crippen molar-refractivity contribution in [2.24, 2.45) is 0 Å². The standard InChI is InChI=1S/C21H26N2O2/c1-2-6-18(7-3-1)19(23-10-4-5-11-23)16-22-15-17-8-9-20-21(14-17)25-13-12-24-20/h1-3,6-9,14,19,22H,4-5,10-13,15-16H2. The van der Waals surface area contributed by atoms with E-state index < -0.39 is 0 Å². The Balaban J connectivity index is 1.39. The van der Waals surface area contributed by atoms with E-state index in [2.05, 4.69) is 52.7 Å². The fourth-order valence-electron chi connectivity index (χ4n) is 3.74. The fourth-order valence-corrected chi connectivity index (χ4v) is 3.74. The summed E-state index contributed by atoms with van der Waals surface area (Å²) in [6.07, 6.45) is 2.62. The first kappa shape index (κ1) is 16.4. The van der Waals surface area contributed by atoms with Gasteiger partial charge in [0.2, 0.25) is 0 Å². The smallest absolute Gasteiger partial charge is 0.161 e. The Labute approximate surface area is 149 Å². The van der Waals surface area contributed by atoms with Crippen LogP contribution in [0.2, 0.25) is 0 Å². The number of hydrogen-bond acceptors (Lipinski definition) is 4. The Morgan fingerprint density at radius 1 is 0.920 bits per heavy atom. The van der Waals surface area contributed by atoms with E-state index in [1.807, 2.05) is 6.07 Å². The second-order valence-electron chi connectivity index (χ2n) is 6.78. The fraction of sp³-hybridized carbons (Fsp3) is 0.429. The second kappa shape index (κ2) is 7.89. The predicted molar refractivity (Wildman–Crippen MR) is 99.1 cm³/mol. The summed E-state index contributed by atoms with van der Waals surface area (Å²) in [5, 5.41) is 3.65. The van der Waals surface area contributed by atoms with E-state index in [-0.39, 0.29) is 0 Å². The summed E-state index contributed by atoms with van der Waals surface area (Å²) in [7, 11) is 0. The summed E-state index contributed by atoms with van der Waals surface area (Å²) in [5.74, 6) is 1.72. The lowest BCUT2D eigenvalue weighted by atomic mass is 10.1. The maximum absolute atomic E-state index is 5.68. The predicted octanol–water partition coefficient (Wildman–Crippen LogP) is 3.38. The average Bonchev–Trinajstić information content (AvgIpc) is 3.20. The average molecular weight is 338 g/mol. The van der Waals surface area contributed by atoms with Crippen molar-refractivity contribution in [3.63, 3.8) is 0 Å². The molecule has 1 unspecified atom stereocenters. The van der Waals surface area contributed by atoms with Gasteiger partial charge in [-0.05, 0) is 49.2 Å². The van der Waals surface area contributed by atoms with Crippen molar-refractivity contribution in [1.29, 1.82) is 0 Å². The van der Waals surface area contributed by atoms with Gasteiger partial charge in [0, 0.05) is 19.1 Å². The zero-order chi connectivity index (χ0) is 16.9. The number of nitrogens with zero attached hydrogens (tertiary/aromatic N) is 1. The lowest BCUT2D eigenvalue weighted by molar-refractivity contribution is 0.171. The summed E-state index contributed by atoms with van der Waals surface area (Å²) in [4.78, 5) is 2.60. The molecule has 0 aromatic heterocycles. The maximum atomic E-state index is 5.68. The Morgan fingerprint density at radius 3 is 2.48 bits per heavy atom. The quantitative estimate of drug-likeness (QED) is 0.875. The van der Waals surface area contributed by atoms with Crippen LogP contribution in [0.1, 0.15) is 30.0 Å². The molecule has 25 heavy (non-hydrogen) atoms. The molecule has 4 nitrogen and oxygen atoms in total. The zero-order valence-electron chi connectivity index (χ0n) is 14.6. The van der Waals surface area contributed by atoms with E-state index in [1.165, 1.54) is 37.1 Å². The van der Waals surface area contributed by atoms with Crippen LogP contribution >= 0.6 is 0 Å². The van der Waals surface area contributed by atoms with E-state index in [0.717, 1.165) is 24.6 Å². The van der Waals surface area contributed by atoms with Crippen LogP contribution in [0, 0.1) is 0 Å². The third kappa shape index (κ3) is 3.97. The van der Waals surface area contributed by atoms with Crippen LogP contribution in [0.3, 0.4) is 0 Å². The van der Waals surface area contributed by atoms with Gasteiger partial charge >= 0.3 is 0 Å². The lowest BCUT2D eigenvalue weighted by Gasteiger charge is -2.28. The Bertz CT molecular complexity index is 684. The first-order valence-electron chi connectivity index (χ1n) is 9.28. The monoisotopic (exact) mass is 338 g/mol. The SMILES string of the molecule is c1ccc(C(CNCc2ccc3c(c2)OCCO3)N2CCCC2)cc1. The number of likely N-dealkylation sites (tertiary alicyclic amines) is 1. The number of hydrogen-bond donors (Lipinski definition) is 1. The maximum Gasteiger partial charge on any atom is 0.161 e. The molecule has 1 saturated heterocycles. The third-order valence-electron chi connectivity index (χ3n) is 5.04. The summed E-state index contributed by atoms with van der Waals surface area (Å²) < 4.78 is 11.3. The largest absolute Gasteiger partial charge is 0.486 e. The van der Waals surface area contributed by atoms with Crippen LogP contribution in [0.15, 0.2) is 48.5 Å². The molecule has 2 aromatic rings. The molecule has 1 N–H and O–H groups in total. The summed E-state index contributed by atoms with van der Waals surface area (Å²) in [6, 6.07) is 17.5. The van der Waals surface area contributed by atoms with Gasteiger partial charge in [-0.3, -0.25) is 4.90 Å². The van der Waals surface area contributed by atoms with Gasteiger partial charge in [0.25, 0.3) is 0 Å². The normalized spacial score (nSPS) is 18.2. The van der Waals surface area contributed by atoms with Gasteiger partial charge in [-0.1, -0.05) is 36.4 Å². The van der Waals surface area contributed by atoms with Crippen molar-refractivity contribution in [2.75, 3.05) is 32.8 Å². The molecule has 1 fully saturated rings. The van der Waals surface area contributed by atoms with Crippen LogP contribution < -0.4 is 14.8 Å². The molecule has 0 saturated carbocycles. The van der Waals surface area contributed by atoms with Crippen molar-refractivity contribution in [3.05, 3.63) is 59.7 Å². The van der Waals surface area contributed by atoms with Crippen LogP contribution in [-0.4, -0.2) is 37.7 Å². The second-order valence-corrected chi connectivity index (χ2v) is 6.78. The molecule has 2 aliphatic heterocycles. The van der Waals surface area contributed by atoms with Crippen molar-refractivity contribution in [1.82, 2.24) is 10.2 Å². The van der Waals surface area contributed by atoms with Crippen LogP contribution in [0.4, 0.5) is 0 Å². The van der Waals surface area contributed by atoms with Crippen molar-refractivity contribution < 1.29 is 9.47 Å². The summed E-state index contributed by atoms with van der Waals surface area (Å²) in [6.45, 7) is 5.47. The first-order chi connectivity index (χ1) is 12.4. The van der Waals surface area contributed by atoms with E-state index in [4.69, 9.17) is 9.47 Å². The molecule has 132 valence electrons. The summed E-state index contributed by atoms with van der Waals surface area (Å²) in [5.41, 5.74) is 2.64. The molecule has 0 amide bonds. The van der Waals surface area contributed by atoms with E-state index in [1.54, 1.807) is 0 Å². The molecule has 0 radical (unpaired) electrons. The molecular formula is C21H26N2O2. The highest BCUT2D eigenvalue weighted by Gasteiger charge is 2.23. The van der Waals surface area contributed by atoms with Crippen LogP contribution in [0.25, 0.3) is 0 Å². The minimum atomic E-state index is 0.445. The molecule has 0 bridgehead atoms. The van der Waals surface area contributed by atoms with Crippen molar-refractivity contribution in [3.8, 4) is 11.5 Å². The van der Waals surface area contributed by atoms with Crippen LogP contribution in [0.5, 0.6) is 11.5 Å². The van der Waals surface area contributed by atoms with E-state index in [0.29, 0.717) is 19.3 Å². The van der Waals surface area contributed by atoms with Gasteiger partial charge in [-0.2, -0.15) is 0 Å². The Hall–Kier alpha value is -2.04. The molecule has 4 heteroatoms. The van der Waals surface area contributed by atoms with Gasteiger partial charge in [0.15, 0.2) is 11.5 Å². The number of benzene rings is 2. The minimum absolute atomic E-state index is 0.445. The van der Waals surface area contributed by atoms with Crippen LogP contribution in [-0.2, 0) is 6.54 Å². The van der Waals surface area contributed by atoms with Crippen molar-refractivity contribution >= 4 is 0 Å². The molecule has 2 heterocycles. The highest BCUT2D eigenvalue weighted by atomic mass is 16.6. The Morgan fingerprint density at radius 2 is 1.68 bits per heavy atom. The van der Waals surface area contributed by atoms with Crippen molar-refractivity contribution in [2.45, 2.75) is 25.4 Å². The van der Waals surface area contributed by atoms with Gasteiger partial charge in [0.05, 0.1) is 0 Å². The van der Waals surface area contributed by atoms with Gasteiger partial charge in [0.1, 0.15) is 13.2 Å². The van der Waals surface area contributed by atoms with Gasteiger partial charge < -0.3 is 14.8 Å². The van der Waals surface area contributed by atoms with Gasteiger partial charge in [-0.15, -0.1) is 0 Å².